The number of hydrogen-bond acceptors (Lipinski definition) is 7. The van der Waals surface area contributed by atoms with E-state index in [0.717, 1.165) is 25.1 Å². The first-order chi connectivity index (χ1) is 19.0. The van der Waals surface area contributed by atoms with Gasteiger partial charge in [-0.25, -0.2) is 0 Å². The molecule has 10 nitrogen and oxygen atoms in total. The number of nitrogens with one attached hydrogen (secondary N) is 2. The van der Waals surface area contributed by atoms with E-state index in [1.807, 2.05) is 30.3 Å². The van der Waals surface area contributed by atoms with Gasteiger partial charge in [0, 0.05) is 50.7 Å². The Morgan fingerprint density at radius 3 is 2.56 bits per heavy atom. The minimum Gasteiger partial charge on any atom is -0.396 e. The fourth-order valence-electron chi connectivity index (χ4n) is 6.70. The molecule has 3 unspecified atom stereocenters. The first kappa shape index (κ1) is 28.5. The highest BCUT2D eigenvalue weighted by atomic mass is 79.9. The molecule has 4 heterocycles. The molecule has 39 heavy (non-hydrogen) atoms. The van der Waals surface area contributed by atoms with E-state index in [0.29, 0.717) is 58.7 Å². The largest absolute Gasteiger partial charge is 0.396 e. The van der Waals surface area contributed by atoms with Gasteiger partial charge in [-0.15, -0.1) is 0 Å². The SMILES string of the molecule is O=C(NCCN1CCOCC1)C1N(CCCCCO)C(=O)[C@@H]2[C@@H](C(=O)NCc3ccccc3)[C@@H]3OC12CC3Br. The van der Waals surface area contributed by atoms with Crippen molar-refractivity contribution in [3.05, 3.63) is 35.9 Å². The van der Waals surface area contributed by atoms with E-state index in [-0.39, 0.29) is 29.2 Å². The van der Waals surface area contributed by atoms with E-state index in [9.17, 15) is 19.5 Å². The number of hydrogen-bond donors (Lipinski definition) is 3. The van der Waals surface area contributed by atoms with Crippen LogP contribution in [0.25, 0.3) is 0 Å². The van der Waals surface area contributed by atoms with Gasteiger partial charge in [0.25, 0.3) is 0 Å². The minimum atomic E-state index is -1.05. The Hall–Kier alpha value is -2.05. The van der Waals surface area contributed by atoms with E-state index in [4.69, 9.17) is 9.47 Å². The summed E-state index contributed by atoms with van der Waals surface area (Å²) >= 11 is 3.71. The zero-order valence-electron chi connectivity index (χ0n) is 22.2. The number of nitrogens with zero attached hydrogens (tertiary/aromatic N) is 2. The zero-order valence-corrected chi connectivity index (χ0v) is 23.8. The Labute approximate surface area is 237 Å². The van der Waals surface area contributed by atoms with Gasteiger partial charge in [-0.05, 0) is 31.2 Å². The monoisotopic (exact) mass is 606 g/mol. The van der Waals surface area contributed by atoms with Crippen LogP contribution in [0.2, 0.25) is 0 Å². The lowest BCUT2D eigenvalue weighted by atomic mass is 9.70. The number of likely N-dealkylation sites (tertiary alicyclic amines) is 1. The van der Waals surface area contributed by atoms with Crippen molar-refractivity contribution in [1.82, 2.24) is 20.4 Å². The predicted octanol–water partition coefficient (Wildman–Crippen LogP) is 0.662. The summed E-state index contributed by atoms with van der Waals surface area (Å²) in [5, 5.41) is 15.3. The van der Waals surface area contributed by atoms with Crippen LogP contribution in [0, 0.1) is 11.8 Å². The van der Waals surface area contributed by atoms with Gasteiger partial charge in [-0.1, -0.05) is 46.3 Å². The molecule has 3 amide bonds. The van der Waals surface area contributed by atoms with Gasteiger partial charge in [0.05, 0.1) is 31.2 Å². The molecule has 0 radical (unpaired) electrons. The van der Waals surface area contributed by atoms with Crippen molar-refractivity contribution in [1.29, 1.82) is 0 Å². The maximum absolute atomic E-state index is 14.0. The van der Waals surface area contributed by atoms with Crippen molar-refractivity contribution in [2.75, 3.05) is 52.5 Å². The fourth-order valence-corrected chi connectivity index (χ4v) is 7.65. The van der Waals surface area contributed by atoms with Crippen molar-refractivity contribution in [2.45, 2.75) is 54.8 Å². The van der Waals surface area contributed by atoms with Crippen LogP contribution in [-0.4, -0.2) is 108 Å². The minimum absolute atomic E-state index is 0.0890. The van der Waals surface area contributed by atoms with Gasteiger partial charge < -0.3 is 30.1 Å². The number of morpholine rings is 1. The van der Waals surface area contributed by atoms with E-state index >= 15 is 0 Å². The first-order valence-electron chi connectivity index (χ1n) is 14.1. The van der Waals surface area contributed by atoms with Crippen LogP contribution >= 0.6 is 15.9 Å². The number of ether oxygens (including phenoxy) is 2. The highest BCUT2D eigenvalue weighted by Crippen LogP contribution is 2.60. The Bertz CT molecular complexity index is 1020. The molecule has 4 aliphatic heterocycles. The molecule has 6 atom stereocenters. The Balaban J connectivity index is 1.33. The molecule has 0 aromatic heterocycles. The van der Waals surface area contributed by atoms with Crippen molar-refractivity contribution in [3.63, 3.8) is 0 Å². The maximum Gasteiger partial charge on any atom is 0.245 e. The van der Waals surface area contributed by atoms with Crippen LogP contribution in [0.5, 0.6) is 0 Å². The van der Waals surface area contributed by atoms with Crippen LogP contribution < -0.4 is 10.6 Å². The number of benzene rings is 1. The summed E-state index contributed by atoms with van der Waals surface area (Å²) in [6.07, 6.45) is 2.06. The van der Waals surface area contributed by atoms with Gasteiger partial charge in [0.2, 0.25) is 17.7 Å². The molecule has 0 saturated carbocycles. The summed E-state index contributed by atoms with van der Waals surface area (Å²) in [4.78, 5) is 45.0. The highest BCUT2D eigenvalue weighted by molar-refractivity contribution is 9.09. The second kappa shape index (κ2) is 12.6. The van der Waals surface area contributed by atoms with Crippen molar-refractivity contribution in [3.8, 4) is 0 Å². The molecule has 214 valence electrons. The average molecular weight is 608 g/mol. The van der Waals surface area contributed by atoms with Gasteiger partial charge in [0.15, 0.2) is 0 Å². The summed E-state index contributed by atoms with van der Waals surface area (Å²) in [7, 11) is 0. The van der Waals surface area contributed by atoms with Gasteiger partial charge in [0.1, 0.15) is 11.6 Å². The number of carbonyl (C=O) groups is 3. The van der Waals surface area contributed by atoms with Crippen molar-refractivity contribution < 1.29 is 29.0 Å². The Morgan fingerprint density at radius 1 is 1.05 bits per heavy atom. The molecule has 4 saturated heterocycles. The molecule has 3 N–H and O–H groups in total. The predicted molar refractivity (Wildman–Crippen MR) is 147 cm³/mol. The third kappa shape index (κ3) is 5.74. The van der Waals surface area contributed by atoms with E-state index in [1.165, 1.54) is 0 Å². The molecule has 1 aromatic rings. The molecule has 4 aliphatic rings. The molecule has 2 bridgehead atoms. The van der Waals surface area contributed by atoms with Crippen LogP contribution in [0.15, 0.2) is 30.3 Å². The molecule has 1 aromatic carbocycles. The lowest BCUT2D eigenvalue weighted by Gasteiger charge is -2.34. The number of aliphatic hydroxyl groups is 1. The normalized spacial score (nSPS) is 31.9. The number of halogens is 1. The standard InChI is InChI=1S/C28H39BrN4O6/c29-20-17-28-22(21(23(20)39-28)25(35)31-18-19-7-3-1-4-8-19)27(37)33(10-5-2-6-14-34)24(28)26(36)30-9-11-32-12-15-38-16-13-32/h1,3-4,7-8,20-24,34H,2,5-6,9-18H2,(H,30,36)(H,31,35)/t20?,21-,22+,23-,24?,28?/m1/s1. The quantitative estimate of drug-likeness (QED) is 0.236. The molecular formula is C28H39BrN4O6. The third-order valence-corrected chi connectivity index (χ3v) is 9.38. The van der Waals surface area contributed by atoms with E-state index in [2.05, 4.69) is 31.5 Å². The zero-order chi connectivity index (χ0) is 27.4. The van der Waals surface area contributed by atoms with Gasteiger partial charge in [-0.2, -0.15) is 0 Å². The van der Waals surface area contributed by atoms with Crippen LogP contribution in [-0.2, 0) is 30.4 Å². The molecule has 1 spiro atoms. The third-order valence-electron chi connectivity index (χ3n) is 8.54. The number of rotatable bonds is 12. The fraction of sp³-hybridized carbons (Fsp3) is 0.679. The molecule has 0 aliphatic carbocycles. The number of amides is 3. The Morgan fingerprint density at radius 2 is 1.82 bits per heavy atom. The number of aliphatic hydroxyl groups excluding tert-OH is 1. The van der Waals surface area contributed by atoms with Gasteiger partial charge in [-0.3, -0.25) is 19.3 Å². The number of unbranched alkanes of at least 4 members (excludes halogenated alkanes) is 2. The summed E-state index contributed by atoms with van der Waals surface area (Å²) in [6, 6.07) is 8.85. The van der Waals surface area contributed by atoms with Gasteiger partial charge >= 0.3 is 0 Å². The second-order valence-corrected chi connectivity index (χ2v) is 12.1. The van der Waals surface area contributed by atoms with E-state index in [1.54, 1.807) is 4.90 Å². The number of carbonyl (C=O) groups excluding carboxylic acids is 3. The number of fused-ring (bicyclic) bond motifs is 1. The lowest BCUT2D eigenvalue weighted by molar-refractivity contribution is -0.142. The molecule has 4 fully saturated rings. The summed E-state index contributed by atoms with van der Waals surface area (Å²) in [5.41, 5.74) is -0.0779. The lowest BCUT2D eigenvalue weighted by Crippen LogP contribution is -2.56. The highest BCUT2D eigenvalue weighted by Gasteiger charge is 2.76. The second-order valence-electron chi connectivity index (χ2n) is 10.9. The van der Waals surface area contributed by atoms with Crippen LogP contribution in [0.3, 0.4) is 0 Å². The topological polar surface area (TPSA) is 120 Å². The average Bonchev–Trinajstić information content (AvgIpc) is 3.54. The first-order valence-corrected chi connectivity index (χ1v) is 15.0. The smallest absolute Gasteiger partial charge is 0.245 e. The Kier molecular flexibility index (Phi) is 9.23. The molecule has 11 heteroatoms. The maximum atomic E-state index is 14.0. The summed E-state index contributed by atoms with van der Waals surface area (Å²) < 4.78 is 12.0. The van der Waals surface area contributed by atoms with Crippen molar-refractivity contribution >= 4 is 33.7 Å². The summed E-state index contributed by atoms with van der Waals surface area (Å²) in [6.45, 7) is 5.04. The van der Waals surface area contributed by atoms with E-state index < -0.39 is 29.6 Å². The molecule has 5 rings (SSSR count). The number of alkyl halides is 1. The van der Waals surface area contributed by atoms with Crippen LogP contribution in [0.4, 0.5) is 0 Å². The molecular weight excluding hydrogens is 568 g/mol. The summed E-state index contributed by atoms with van der Waals surface area (Å²) in [5.74, 6) is -2.02. The van der Waals surface area contributed by atoms with Crippen molar-refractivity contribution in [2.24, 2.45) is 11.8 Å². The van der Waals surface area contributed by atoms with Crippen LogP contribution in [0.1, 0.15) is 31.2 Å².